The third kappa shape index (κ3) is 1.75. The third-order valence-electron chi connectivity index (χ3n) is 1.38. The Labute approximate surface area is 68.3 Å². The Bertz CT molecular complexity index is 311. The monoisotopic (exact) mass is 168 g/mol. The Hall–Kier alpha value is -1.51. The van der Waals surface area contributed by atoms with Crippen LogP contribution >= 0.6 is 0 Å². The topological polar surface area (TPSA) is 17.1 Å². The second-order valence-corrected chi connectivity index (χ2v) is 2.30. The molecule has 0 spiro atoms. The molecule has 1 aromatic carbocycles. The quantitative estimate of drug-likeness (QED) is 0.488. The van der Waals surface area contributed by atoms with Crippen molar-refractivity contribution in [2.45, 2.75) is 0 Å². The van der Waals surface area contributed by atoms with Crippen LogP contribution in [0.4, 0.5) is 8.78 Å². The highest BCUT2D eigenvalue weighted by Crippen LogP contribution is 2.13. The molecule has 62 valence electrons. The summed E-state index contributed by atoms with van der Waals surface area (Å²) >= 11 is 0. The molecule has 0 aliphatic heterocycles. The summed E-state index contributed by atoms with van der Waals surface area (Å²) in [7, 11) is 0. The Morgan fingerprint density at radius 1 is 1.25 bits per heavy atom. The lowest BCUT2D eigenvalue weighted by Crippen LogP contribution is -1.87. The van der Waals surface area contributed by atoms with Crippen molar-refractivity contribution in [1.29, 1.82) is 0 Å². The van der Waals surface area contributed by atoms with E-state index in [0.717, 1.165) is 18.2 Å². The summed E-state index contributed by atoms with van der Waals surface area (Å²) in [4.78, 5) is 10.2. The fraction of sp³-hybridized carbons (Fsp3) is 0. The normalized spacial score (nSPS) is 9.50. The molecule has 12 heavy (non-hydrogen) atoms. The first kappa shape index (κ1) is 8.59. The number of hydrogen-bond acceptors (Lipinski definition) is 1. The van der Waals surface area contributed by atoms with E-state index in [4.69, 9.17) is 0 Å². The average molecular weight is 168 g/mol. The van der Waals surface area contributed by atoms with Gasteiger partial charge in [0.2, 0.25) is 0 Å². The predicted octanol–water partition coefficient (Wildman–Crippen LogP) is 2.18. The fourth-order valence-corrected chi connectivity index (χ4v) is 0.807. The maximum Gasteiger partial charge on any atom is 0.150 e. The number of rotatable bonds is 2. The number of carbonyl (C=O) groups excluding carboxylic acids is 1. The van der Waals surface area contributed by atoms with Crippen molar-refractivity contribution < 1.29 is 13.6 Å². The van der Waals surface area contributed by atoms with Crippen molar-refractivity contribution >= 4 is 11.9 Å². The zero-order chi connectivity index (χ0) is 9.14. The van der Waals surface area contributed by atoms with Crippen LogP contribution in [-0.2, 0) is 4.79 Å². The standard InChI is InChI=1S/C9H6F2O/c1-6(5-12)7-2-8(10)4-9(11)3-7/h2-5H,1H2. The summed E-state index contributed by atoms with van der Waals surface area (Å²) < 4.78 is 25.1. The Morgan fingerprint density at radius 3 is 2.17 bits per heavy atom. The van der Waals surface area contributed by atoms with E-state index in [0.29, 0.717) is 6.29 Å². The van der Waals surface area contributed by atoms with Gasteiger partial charge in [0.1, 0.15) is 17.9 Å². The van der Waals surface area contributed by atoms with Gasteiger partial charge in [0.25, 0.3) is 0 Å². The van der Waals surface area contributed by atoms with Gasteiger partial charge in [-0.25, -0.2) is 8.78 Å². The van der Waals surface area contributed by atoms with Crippen molar-refractivity contribution in [1.82, 2.24) is 0 Å². The number of allylic oxidation sites excluding steroid dienone is 1. The molecule has 0 saturated carbocycles. The van der Waals surface area contributed by atoms with E-state index in [1.807, 2.05) is 0 Å². The van der Waals surface area contributed by atoms with Crippen LogP contribution in [0.5, 0.6) is 0 Å². The molecule has 0 saturated heterocycles. The van der Waals surface area contributed by atoms with Gasteiger partial charge in [-0.2, -0.15) is 0 Å². The highest BCUT2D eigenvalue weighted by atomic mass is 19.1. The lowest BCUT2D eigenvalue weighted by molar-refractivity contribution is -0.103. The van der Waals surface area contributed by atoms with Crippen LogP contribution in [0.2, 0.25) is 0 Å². The first-order chi connectivity index (χ1) is 5.63. The zero-order valence-corrected chi connectivity index (χ0v) is 6.18. The second-order valence-electron chi connectivity index (χ2n) is 2.30. The van der Waals surface area contributed by atoms with Crippen LogP contribution in [0.25, 0.3) is 5.57 Å². The molecule has 0 unspecified atom stereocenters. The zero-order valence-electron chi connectivity index (χ0n) is 6.18. The smallest absolute Gasteiger partial charge is 0.150 e. The molecule has 0 amide bonds. The van der Waals surface area contributed by atoms with Gasteiger partial charge >= 0.3 is 0 Å². The molecular weight excluding hydrogens is 162 g/mol. The maximum atomic E-state index is 12.5. The lowest BCUT2D eigenvalue weighted by Gasteiger charge is -1.98. The molecular formula is C9H6F2O. The van der Waals surface area contributed by atoms with E-state index >= 15 is 0 Å². The van der Waals surface area contributed by atoms with Gasteiger partial charge in [0.15, 0.2) is 0 Å². The minimum Gasteiger partial charge on any atom is -0.298 e. The SMILES string of the molecule is C=C(C=O)c1cc(F)cc(F)c1. The van der Waals surface area contributed by atoms with Crippen molar-refractivity contribution in [3.63, 3.8) is 0 Å². The van der Waals surface area contributed by atoms with E-state index < -0.39 is 11.6 Å². The van der Waals surface area contributed by atoms with Crippen molar-refractivity contribution in [3.05, 3.63) is 42.0 Å². The highest BCUT2D eigenvalue weighted by molar-refractivity contribution is 6.05. The van der Waals surface area contributed by atoms with E-state index in [1.165, 1.54) is 0 Å². The van der Waals surface area contributed by atoms with Crippen LogP contribution < -0.4 is 0 Å². The highest BCUT2D eigenvalue weighted by Gasteiger charge is 2.02. The number of aldehydes is 1. The Kier molecular flexibility index (Phi) is 2.33. The third-order valence-corrected chi connectivity index (χ3v) is 1.38. The molecule has 0 N–H and O–H groups in total. The van der Waals surface area contributed by atoms with Crippen LogP contribution in [0.15, 0.2) is 24.8 Å². The number of carbonyl (C=O) groups is 1. The van der Waals surface area contributed by atoms with Gasteiger partial charge < -0.3 is 0 Å². The van der Waals surface area contributed by atoms with E-state index in [9.17, 15) is 13.6 Å². The molecule has 1 nitrogen and oxygen atoms in total. The minimum atomic E-state index is -0.715. The van der Waals surface area contributed by atoms with E-state index in [1.54, 1.807) is 0 Å². The van der Waals surface area contributed by atoms with Gasteiger partial charge in [-0.05, 0) is 17.7 Å². The van der Waals surface area contributed by atoms with Crippen LogP contribution in [0.3, 0.4) is 0 Å². The first-order valence-electron chi connectivity index (χ1n) is 3.24. The van der Waals surface area contributed by atoms with Crippen molar-refractivity contribution in [3.8, 4) is 0 Å². The van der Waals surface area contributed by atoms with Gasteiger partial charge in [0, 0.05) is 11.6 Å². The summed E-state index contributed by atoms with van der Waals surface area (Å²) in [5.41, 5.74) is 0.232. The van der Waals surface area contributed by atoms with Gasteiger partial charge in [-0.1, -0.05) is 6.58 Å². The van der Waals surface area contributed by atoms with Gasteiger partial charge in [-0.3, -0.25) is 4.79 Å². The minimum absolute atomic E-state index is 0.0633. The van der Waals surface area contributed by atoms with E-state index in [-0.39, 0.29) is 11.1 Å². The summed E-state index contributed by atoms with van der Waals surface area (Å²) in [5.74, 6) is -1.43. The molecule has 3 heteroatoms. The molecule has 0 heterocycles. The molecule has 0 bridgehead atoms. The summed E-state index contributed by atoms with van der Waals surface area (Å²) in [6.07, 6.45) is 0.453. The molecule has 0 aromatic heterocycles. The molecule has 0 atom stereocenters. The second kappa shape index (κ2) is 3.26. The van der Waals surface area contributed by atoms with E-state index in [2.05, 4.69) is 6.58 Å². The van der Waals surface area contributed by atoms with Crippen molar-refractivity contribution in [2.75, 3.05) is 0 Å². The summed E-state index contributed by atoms with van der Waals surface area (Å²) in [5, 5.41) is 0. The predicted molar refractivity (Wildman–Crippen MR) is 41.5 cm³/mol. The molecule has 0 aliphatic rings. The van der Waals surface area contributed by atoms with Gasteiger partial charge in [0.05, 0.1) is 0 Å². The maximum absolute atomic E-state index is 12.5. The average Bonchev–Trinajstić information content (AvgIpc) is 2.01. The molecule has 0 aliphatic carbocycles. The van der Waals surface area contributed by atoms with Crippen LogP contribution in [-0.4, -0.2) is 6.29 Å². The van der Waals surface area contributed by atoms with Crippen molar-refractivity contribution in [2.24, 2.45) is 0 Å². The molecule has 0 fully saturated rings. The number of halogens is 2. The van der Waals surface area contributed by atoms with Gasteiger partial charge in [-0.15, -0.1) is 0 Å². The van der Waals surface area contributed by atoms with Crippen LogP contribution in [0.1, 0.15) is 5.56 Å². The number of benzene rings is 1. The van der Waals surface area contributed by atoms with Crippen LogP contribution in [0, 0.1) is 11.6 Å². The lowest BCUT2D eigenvalue weighted by atomic mass is 10.1. The number of hydrogen-bond donors (Lipinski definition) is 0. The molecule has 1 rings (SSSR count). The largest absolute Gasteiger partial charge is 0.298 e. The Morgan fingerprint density at radius 2 is 1.75 bits per heavy atom. The molecule has 0 radical (unpaired) electrons. The Balaban J connectivity index is 3.17. The fourth-order valence-electron chi connectivity index (χ4n) is 0.807. The first-order valence-corrected chi connectivity index (χ1v) is 3.24. The summed E-state index contributed by atoms with van der Waals surface area (Å²) in [6.45, 7) is 3.32. The summed E-state index contributed by atoms with van der Waals surface area (Å²) in [6, 6.07) is 2.85. The molecule has 1 aromatic rings.